The van der Waals surface area contributed by atoms with Crippen LogP contribution in [0.4, 0.5) is 0 Å². The molecule has 18 heavy (non-hydrogen) atoms. The van der Waals surface area contributed by atoms with Gasteiger partial charge in [-0.15, -0.1) is 0 Å². The topological polar surface area (TPSA) is 60.2 Å². The first-order valence-corrected chi connectivity index (χ1v) is 7.98. The summed E-state index contributed by atoms with van der Waals surface area (Å²) in [6.45, 7) is 6.69. The fourth-order valence-electron chi connectivity index (χ4n) is 2.01. The van der Waals surface area contributed by atoms with Gasteiger partial charge in [0, 0.05) is 0 Å². The molecule has 3 nitrogen and oxygen atoms in total. The Morgan fingerprint density at radius 1 is 1.17 bits per heavy atom. The summed E-state index contributed by atoms with van der Waals surface area (Å²) in [5, 5.41) is 0. The number of hydrogen-bond donors (Lipinski definition) is 1. The fraction of sp³-hybridized carbons (Fsp3) is 0.571. The van der Waals surface area contributed by atoms with Gasteiger partial charge in [0.2, 0.25) is 0 Å². The third-order valence-electron chi connectivity index (χ3n) is 3.17. The van der Waals surface area contributed by atoms with Crippen molar-refractivity contribution in [2.45, 2.75) is 38.5 Å². The zero-order chi connectivity index (χ0) is 13.8. The zero-order valence-electron chi connectivity index (χ0n) is 11.4. The van der Waals surface area contributed by atoms with Crippen molar-refractivity contribution in [1.29, 1.82) is 0 Å². The van der Waals surface area contributed by atoms with Crippen molar-refractivity contribution in [2.24, 2.45) is 11.1 Å². The third-order valence-corrected chi connectivity index (χ3v) is 4.92. The molecule has 0 spiro atoms. The first kappa shape index (κ1) is 15.2. The second kappa shape index (κ2) is 5.85. The Kier molecular flexibility index (Phi) is 4.93. The second-order valence-corrected chi connectivity index (χ2v) is 7.71. The smallest absolute Gasteiger partial charge is 0.178 e. The molecule has 0 bridgehead atoms. The Morgan fingerprint density at radius 2 is 1.72 bits per heavy atom. The monoisotopic (exact) mass is 269 g/mol. The highest BCUT2D eigenvalue weighted by Crippen LogP contribution is 2.25. The molecule has 1 aromatic carbocycles. The molecular weight excluding hydrogens is 246 g/mol. The van der Waals surface area contributed by atoms with E-state index in [0.717, 1.165) is 18.4 Å². The van der Waals surface area contributed by atoms with Gasteiger partial charge < -0.3 is 5.73 Å². The average molecular weight is 269 g/mol. The van der Waals surface area contributed by atoms with E-state index in [-0.39, 0.29) is 11.2 Å². The maximum atomic E-state index is 11.7. The molecule has 0 fully saturated rings. The minimum absolute atomic E-state index is 0.144. The SMILES string of the molecule is CCS(=O)(=O)c1ccc(CC(C)(C)CCN)cc1. The number of rotatable bonds is 6. The summed E-state index contributed by atoms with van der Waals surface area (Å²) >= 11 is 0. The Hall–Kier alpha value is -0.870. The van der Waals surface area contributed by atoms with Crippen molar-refractivity contribution in [1.82, 2.24) is 0 Å². The minimum Gasteiger partial charge on any atom is -0.330 e. The Labute approximate surface area is 110 Å². The number of hydrogen-bond acceptors (Lipinski definition) is 3. The van der Waals surface area contributed by atoms with Crippen LogP contribution in [0, 0.1) is 5.41 Å². The molecule has 0 saturated heterocycles. The number of benzene rings is 1. The lowest BCUT2D eigenvalue weighted by atomic mass is 9.83. The summed E-state index contributed by atoms with van der Waals surface area (Å²) in [6, 6.07) is 7.21. The lowest BCUT2D eigenvalue weighted by molar-refractivity contribution is 0.339. The van der Waals surface area contributed by atoms with Gasteiger partial charge in [0.1, 0.15) is 0 Å². The van der Waals surface area contributed by atoms with Crippen molar-refractivity contribution in [3.05, 3.63) is 29.8 Å². The summed E-state index contributed by atoms with van der Waals surface area (Å²) in [7, 11) is -3.09. The standard InChI is InChI=1S/C14H23NO2S/c1-4-18(16,17)13-7-5-12(6-8-13)11-14(2,3)9-10-15/h5-8H,4,9-11,15H2,1-3H3. The van der Waals surface area contributed by atoms with E-state index in [1.54, 1.807) is 19.1 Å². The molecule has 1 rings (SSSR count). The largest absolute Gasteiger partial charge is 0.330 e. The Morgan fingerprint density at radius 3 is 2.17 bits per heavy atom. The number of nitrogens with two attached hydrogens (primary N) is 1. The normalized spacial score (nSPS) is 12.7. The van der Waals surface area contributed by atoms with Gasteiger partial charge in [-0.3, -0.25) is 0 Å². The van der Waals surface area contributed by atoms with E-state index in [1.165, 1.54) is 0 Å². The molecule has 0 aliphatic heterocycles. The van der Waals surface area contributed by atoms with Crippen LogP contribution in [0.1, 0.15) is 32.8 Å². The highest BCUT2D eigenvalue weighted by molar-refractivity contribution is 7.91. The highest BCUT2D eigenvalue weighted by Gasteiger charge is 2.18. The Balaban J connectivity index is 2.84. The molecule has 4 heteroatoms. The van der Waals surface area contributed by atoms with E-state index in [2.05, 4.69) is 13.8 Å². The van der Waals surface area contributed by atoms with Gasteiger partial charge in [-0.2, -0.15) is 0 Å². The molecule has 0 atom stereocenters. The van der Waals surface area contributed by atoms with Crippen molar-refractivity contribution < 1.29 is 8.42 Å². The van der Waals surface area contributed by atoms with Gasteiger partial charge in [-0.25, -0.2) is 8.42 Å². The van der Waals surface area contributed by atoms with E-state index >= 15 is 0 Å². The third kappa shape index (κ3) is 4.10. The molecule has 0 aliphatic carbocycles. The maximum Gasteiger partial charge on any atom is 0.178 e. The molecule has 102 valence electrons. The van der Waals surface area contributed by atoms with Gasteiger partial charge in [0.25, 0.3) is 0 Å². The molecule has 0 aromatic heterocycles. The maximum absolute atomic E-state index is 11.7. The van der Waals surface area contributed by atoms with E-state index < -0.39 is 9.84 Å². The second-order valence-electron chi connectivity index (χ2n) is 5.43. The van der Waals surface area contributed by atoms with Crippen molar-refractivity contribution in [3.63, 3.8) is 0 Å². The van der Waals surface area contributed by atoms with Crippen LogP contribution in [0.3, 0.4) is 0 Å². The highest BCUT2D eigenvalue weighted by atomic mass is 32.2. The summed E-state index contributed by atoms with van der Waals surface area (Å²) < 4.78 is 23.4. The van der Waals surface area contributed by atoms with Crippen LogP contribution in [-0.4, -0.2) is 20.7 Å². The van der Waals surface area contributed by atoms with Crippen LogP contribution in [0.15, 0.2) is 29.2 Å². The van der Waals surface area contributed by atoms with Crippen LogP contribution < -0.4 is 5.73 Å². The predicted molar refractivity (Wildman–Crippen MR) is 75.3 cm³/mol. The summed E-state index contributed by atoms with van der Waals surface area (Å²) in [5.74, 6) is 0.144. The molecule has 0 amide bonds. The first-order chi connectivity index (χ1) is 8.30. The van der Waals surface area contributed by atoms with E-state index in [4.69, 9.17) is 5.73 Å². The molecule has 2 N–H and O–H groups in total. The quantitative estimate of drug-likeness (QED) is 0.862. The van der Waals surface area contributed by atoms with Crippen molar-refractivity contribution in [3.8, 4) is 0 Å². The number of sulfone groups is 1. The van der Waals surface area contributed by atoms with E-state index in [0.29, 0.717) is 11.4 Å². The fourth-order valence-corrected chi connectivity index (χ4v) is 2.90. The Bertz CT molecular complexity index is 475. The molecule has 0 radical (unpaired) electrons. The average Bonchev–Trinajstić information content (AvgIpc) is 2.29. The van der Waals surface area contributed by atoms with Crippen LogP contribution >= 0.6 is 0 Å². The first-order valence-electron chi connectivity index (χ1n) is 6.32. The van der Waals surface area contributed by atoms with Gasteiger partial charge in [0.15, 0.2) is 9.84 Å². The summed E-state index contributed by atoms with van der Waals surface area (Å²) in [4.78, 5) is 0.408. The lowest BCUT2D eigenvalue weighted by Crippen LogP contribution is -2.19. The lowest BCUT2D eigenvalue weighted by Gasteiger charge is -2.23. The molecule has 0 aliphatic rings. The molecule has 1 aromatic rings. The predicted octanol–water partition coefficient (Wildman–Crippen LogP) is 2.40. The van der Waals surface area contributed by atoms with Crippen LogP contribution in [0.5, 0.6) is 0 Å². The van der Waals surface area contributed by atoms with Crippen LogP contribution in [0.25, 0.3) is 0 Å². The van der Waals surface area contributed by atoms with E-state index in [9.17, 15) is 8.42 Å². The molecule has 0 heterocycles. The molecular formula is C14H23NO2S. The minimum atomic E-state index is -3.09. The summed E-state index contributed by atoms with van der Waals surface area (Å²) in [6.07, 6.45) is 1.87. The molecule has 0 saturated carbocycles. The van der Waals surface area contributed by atoms with Gasteiger partial charge in [-0.05, 0) is 42.5 Å². The van der Waals surface area contributed by atoms with Gasteiger partial charge >= 0.3 is 0 Å². The zero-order valence-corrected chi connectivity index (χ0v) is 12.3. The van der Waals surface area contributed by atoms with Crippen molar-refractivity contribution >= 4 is 9.84 Å². The van der Waals surface area contributed by atoms with Crippen LogP contribution in [-0.2, 0) is 16.3 Å². The van der Waals surface area contributed by atoms with Gasteiger partial charge in [0.05, 0.1) is 10.6 Å². The van der Waals surface area contributed by atoms with E-state index in [1.807, 2.05) is 12.1 Å². The molecule has 0 unspecified atom stereocenters. The van der Waals surface area contributed by atoms with Gasteiger partial charge in [-0.1, -0.05) is 32.9 Å². The van der Waals surface area contributed by atoms with Crippen LogP contribution in [0.2, 0.25) is 0 Å². The summed E-state index contributed by atoms with van der Waals surface area (Å²) in [5.41, 5.74) is 6.90. The van der Waals surface area contributed by atoms with Crippen molar-refractivity contribution in [2.75, 3.05) is 12.3 Å².